The zero-order chi connectivity index (χ0) is 13.4. The molecule has 4 nitrogen and oxygen atoms in total. The van der Waals surface area contributed by atoms with Gasteiger partial charge in [-0.3, -0.25) is 0 Å². The zero-order valence-corrected chi connectivity index (χ0v) is 11.9. The third-order valence-corrected chi connectivity index (χ3v) is 3.37. The SMILES string of the molecule is CCCNC1CCC(OC(C)C(=O)OCC)CC1. The first kappa shape index (κ1) is 15.4. The van der Waals surface area contributed by atoms with Crippen molar-refractivity contribution in [2.24, 2.45) is 0 Å². The molecule has 0 saturated heterocycles. The normalized spacial score (nSPS) is 25.7. The first-order valence-corrected chi connectivity index (χ1v) is 7.22. The van der Waals surface area contributed by atoms with Gasteiger partial charge in [0.2, 0.25) is 0 Å². The van der Waals surface area contributed by atoms with E-state index in [2.05, 4.69) is 12.2 Å². The number of esters is 1. The predicted molar refractivity (Wildman–Crippen MR) is 71.5 cm³/mol. The Hall–Kier alpha value is -0.610. The fourth-order valence-electron chi connectivity index (χ4n) is 2.36. The van der Waals surface area contributed by atoms with E-state index in [0.717, 1.165) is 32.2 Å². The topological polar surface area (TPSA) is 47.6 Å². The second kappa shape index (κ2) is 8.48. The van der Waals surface area contributed by atoms with E-state index < -0.39 is 6.10 Å². The summed E-state index contributed by atoms with van der Waals surface area (Å²) in [7, 11) is 0. The highest BCUT2D eigenvalue weighted by atomic mass is 16.6. The lowest BCUT2D eigenvalue weighted by Gasteiger charge is -2.30. The summed E-state index contributed by atoms with van der Waals surface area (Å²) in [5.41, 5.74) is 0. The van der Waals surface area contributed by atoms with Gasteiger partial charge in [-0.2, -0.15) is 0 Å². The quantitative estimate of drug-likeness (QED) is 0.711. The molecular weight excluding hydrogens is 230 g/mol. The smallest absolute Gasteiger partial charge is 0.334 e. The molecule has 1 N–H and O–H groups in total. The number of nitrogens with one attached hydrogen (secondary N) is 1. The lowest BCUT2D eigenvalue weighted by molar-refractivity contribution is -0.160. The van der Waals surface area contributed by atoms with E-state index in [0.29, 0.717) is 12.6 Å². The number of carbonyl (C=O) groups excluding carboxylic acids is 1. The van der Waals surface area contributed by atoms with Crippen LogP contribution in [-0.2, 0) is 14.3 Å². The molecule has 1 atom stereocenters. The first-order chi connectivity index (χ1) is 8.67. The van der Waals surface area contributed by atoms with Crippen molar-refractivity contribution in [3.63, 3.8) is 0 Å². The van der Waals surface area contributed by atoms with Gasteiger partial charge in [0.25, 0.3) is 0 Å². The summed E-state index contributed by atoms with van der Waals surface area (Å²) in [4.78, 5) is 11.5. The lowest BCUT2D eigenvalue weighted by atomic mass is 9.93. The number of hydrogen-bond acceptors (Lipinski definition) is 4. The van der Waals surface area contributed by atoms with Gasteiger partial charge in [-0.25, -0.2) is 4.79 Å². The molecule has 0 aromatic heterocycles. The van der Waals surface area contributed by atoms with E-state index in [1.165, 1.54) is 6.42 Å². The maximum atomic E-state index is 11.5. The molecule has 0 radical (unpaired) electrons. The van der Waals surface area contributed by atoms with Crippen LogP contribution in [0.2, 0.25) is 0 Å². The summed E-state index contributed by atoms with van der Waals surface area (Å²) < 4.78 is 10.7. The Bertz CT molecular complexity index is 237. The average Bonchev–Trinajstić information content (AvgIpc) is 2.38. The molecule has 18 heavy (non-hydrogen) atoms. The Morgan fingerprint density at radius 3 is 2.50 bits per heavy atom. The maximum Gasteiger partial charge on any atom is 0.334 e. The maximum absolute atomic E-state index is 11.5. The number of ether oxygens (including phenoxy) is 2. The molecular formula is C14H27NO3. The van der Waals surface area contributed by atoms with E-state index in [4.69, 9.17) is 9.47 Å². The van der Waals surface area contributed by atoms with Crippen molar-refractivity contribution < 1.29 is 14.3 Å². The van der Waals surface area contributed by atoms with Gasteiger partial charge in [0, 0.05) is 6.04 Å². The summed E-state index contributed by atoms with van der Waals surface area (Å²) in [6, 6.07) is 0.627. The first-order valence-electron chi connectivity index (χ1n) is 7.22. The van der Waals surface area contributed by atoms with Crippen molar-refractivity contribution in [2.45, 2.75) is 71.1 Å². The van der Waals surface area contributed by atoms with Crippen molar-refractivity contribution in [3.05, 3.63) is 0 Å². The van der Waals surface area contributed by atoms with E-state index in [-0.39, 0.29) is 12.1 Å². The van der Waals surface area contributed by atoms with Gasteiger partial charge < -0.3 is 14.8 Å². The van der Waals surface area contributed by atoms with Crippen LogP contribution in [0.1, 0.15) is 52.9 Å². The molecule has 106 valence electrons. The van der Waals surface area contributed by atoms with Crippen LogP contribution >= 0.6 is 0 Å². The number of carbonyl (C=O) groups is 1. The Morgan fingerprint density at radius 2 is 1.94 bits per heavy atom. The number of rotatable bonds is 7. The average molecular weight is 257 g/mol. The molecule has 1 fully saturated rings. The summed E-state index contributed by atoms with van der Waals surface area (Å²) >= 11 is 0. The minimum atomic E-state index is -0.435. The minimum Gasteiger partial charge on any atom is -0.464 e. The van der Waals surface area contributed by atoms with Crippen molar-refractivity contribution in [1.29, 1.82) is 0 Å². The third kappa shape index (κ3) is 5.36. The Balaban J connectivity index is 2.20. The van der Waals surface area contributed by atoms with Crippen LogP contribution in [0.15, 0.2) is 0 Å². The third-order valence-electron chi connectivity index (χ3n) is 3.37. The highest BCUT2D eigenvalue weighted by Gasteiger charge is 2.25. The molecule has 0 heterocycles. The summed E-state index contributed by atoms with van der Waals surface area (Å²) in [6.45, 7) is 7.28. The Morgan fingerprint density at radius 1 is 1.28 bits per heavy atom. The summed E-state index contributed by atoms with van der Waals surface area (Å²) in [6.07, 6.45) is 5.30. The molecule has 0 aromatic rings. The predicted octanol–water partition coefficient (Wildman–Crippen LogP) is 2.27. The van der Waals surface area contributed by atoms with Gasteiger partial charge in [-0.1, -0.05) is 6.92 Å². The minimum absolute atomic E-state index is 0.212. The van der Waals surface area contributed by atoms with Crippen LogP contribution in [0.4, 0.5) is 0 Å². The van der Waals surface area contributed by atoms with Crippen molar-refractivity contribution in [2.75, 3.05) is 13.2 Å². The zero-order valence-electron chi connectivity index (χ0n) is 11.9. The van der Waals surface area contributed by atoms with E-state index in [1.807, 2.05) is 6.92 Å². The van der Waals surface area contributed by atoms with E-state index >= 15 is 0 Å². The van der Waals surface area contributed by atoms with Gasteiger partial charge in [0.1, 0.15) is 0 Å². The largest absolute Gasteiger partial charge is 0.464 e. The van der Waals surface area contributed by atoms with Gasteiger partial charge in [-0.05, 0) is 52.5 Å². The van der Waals surface area contributed by atoms with Crippen LogP contribution in [0.3, 0.4) is 0 Å². The van der Waals surface area contributed by atoms with Crippen LogP contribution in [0.25, 0.3) is 0 Å². The fraction of sp³-hybridized carbons (Fsp3) is 0.929. The highest BCUT2D eigenvalue weighted by Crippen LogP contribution is 2.22. The molecule has 4 heteroatoms. The molecule has 0 bridgehead atoms. The molecule has 0 aromatic carbocycles. The Labute approximate surface area is 110 Å². The molecule has 1 saturated carbocycles. The molecule has 1 rings (SSSR count). The second-order valence-corrected chi connectivity index (χ2v) is 4.96. The van der Waals surface area contributed by atoms with Gasteiger partial charge >= 0.3 is 5.97 Å². The highest BCUT2D eigenvalue weighted by molar-refractivity contribution is 5.74. The van der Waals surface area contributed by atoms with E-state index in [1.54, 1.807) is 6.92 Å². The van der Waals surface area contributed by atoms with E-state index in [9.17, 15) is 4.79 Å². The Kier molecular flexibility index (Phi) is 7.28. The van der Waals surface area contributed by atoms with Crippen LogP contribution in [0.5, 0.6) is 0 Å². The summed E-state index contributed by atoms with van der Waals surface area (Å²) in [5, 5.41) is 3.54. The van der Waals surface area contributed by atoms with Crippen LogP contribution < -0.4 is 5.32 Å². The second-order valence-electron chi connectivity index (χ2n) is 4.96. The molecule has 0 amide bonds. The van der Waals surface area contributed by atoms with Crippen LogP contribution in [0, 0.1) is 0 Å². The van der Waals surface area contributed by atoms with Crippen molar-refractivity contribution in [1.82, 2.24) is 5.32 Å². The summed E-state index contributed by atoms with van der Waals surface area (Å²) in [5.74, 6) is -0.247. The standard InChI is InChI=1S/C14H27NO3/c1-4-10-15-12-6-8-13(9-7-12)18-11(3)14(16)17-5-2/h11-13,15H,4-10H2,1-3H3. The van der Waals surface area contributed by atoms with Gasteiger partial charge in [0.05, 0.1) is 12.7 Å². The van der Waals surface area contributed by atoms with Crippen molar-refractivity contribution >= 4 is 5.97 Å². The van der Waals surface area contributed by atoms with Gasteiger partial charge in [-0.15, -0.1) is 0 Å². The van der Waals surface area contributed by atoms with Crippen LogP contribution in [-0.4, -0.2) is 37.4 Å². The molecule has 1 aliphatic rings. The number of hydrogen-bond donors (Lipinski definition) is 1. The molecule has 0 spiro atoms. The molecule has 1 aliphatic carbocycles. The fourth-order valence-corrected chi connectivity index (χ4v) is 2.36. The molecule has 0 aliphatic heterocycles. The van der Waals surface area contributed by atoms with Gasteiger partial charge in [0.15, 0.2) is 6.10 Å². The monoisotopic (exact) mass is 257 g/mol. The lowest BCUT2D eigenvalue weighted by Crippen LogP contribution is -2.37. The molecule has 1 unspecified atom stereocenters. The van der Waals surface area contributed by atoms with Crippen molar-refractivity contribution in [3.8, 4) is 0 Å².